The molecular formula is C20H28N2O2S. The summed E-state index contributed by atoms with van der Waals surface area (Å²) >= 11 is 1.74. The summed E-state index contributed by atoms with van der Waals surface area (Å²) in [6.07, 6.45) is 2.40. The van der Waals surface area contributed by atoms with Gasteiger partial charge in [0.2, 0.25) is 11.8 Å². The van der Waals surface area contributed by atoms with Crippen molar-refractivity contribution in [3.63, 3.8) is 0 Å². The zero-order valence-electron chi connectivity index (χ0n) is 15.5. The number of rotatable bonds is 5. The van der Waals surface area contributed by atoms with Crippen LogP contribution in [-0.4, -0.2) is 33.4 Å². The highest BCUT2D eigenvalue weighted by Gasteiger charge is 2.53. The Labute approximate surface area is 154 Å². The van der Waals surface area contributed by atoms with E-state index in [1.54, 1.807) is 11.8 Å². The van der Waals surface area contributed by atoms with E-state index in [1.807, 2.05) is 4.90 Å². The summed E-state index contributed by atoms with van der Waals surface area (Å²) in [7, 11) is 0. The maximum Gasteiger partial charge on any atom is 0.244 e. The molecule has 2 amide bonds. The van der Waals surface area contributed by atoms with Crippen LogP contribution in [0.15, 0.2) is 24.3 Å². The van der Waals surface area contributed by atoms with Crippen molar-refractivity contribution in [1.29, 1.82) is 0 Å². The van der Waals surface area contributed by atoms with Gasteiger partial charge < -0.3 is 10.2 Å². The van der Waals surface area contributed by atoms with Crippen LogP contribution in [0.5, 0.6) is 0 Å². The quantitative estimate of drug-likeness (QED) is 0.874. The number of amides is 2. The normalized spacial score (nSPS) is 26.8. The molecule has 4 nitrogen and oxygen atoms in total. The first kappa shape index (κ1) is 18.3. The third kappa shape index (κ3) is 3.43. The topological polar surface area (TPSA) is 49.4 Å². The highest BCUT2D eigenvalue weighted by Crippen LogP contribution is 2.47. The maximum absolute atomic E-state index is 13.0. The predicted molar refractivity (Wildman–Crippen MR) is 102 cm³/mol. The first-order chi connectivity index (χ1) is 11.9. The molecular weight excluding hydrogens is 332 g/mol. The summed E-state index contributed by atoms with van der Waals surface area (Å²) in [5.74, 6) is 1.06. The first-order valence-corrected chi connectivity index (χ1v) is 10.2. The molecule has 3 atom stereocenters. The van der Waals surface area contributed by atoms with Gasteiger partial charge in [0.1, 0.15) is 6.04 Å². The van der Waals surface area contributed by atoms with E-state index >= 15 is 0 Å². The molecule has 1 aromatic carbocycles. The Bertz CT molecular complexity index is 658. The Balaban J connectivity index is 1.76. The number of fused-ring (bicyclic) bond motifs is 1. The molecule has 3 rings (SSSR count). The Hall–Kier alpha value is -1.49. The van der Waals surface area contributed by atoms with Crippen molar-refractivity contribution in [1.82, 2.24) is 10.2 Å². The molecule has 1 aromatic rings. The molecule has 1 N–H and O–H groups in total. The molecule has 0 saturated carbocycles. The molecule has 2 aliphatic rings. The van der Waals surface area contributed by atoms with Crippen molar-refractivity contribution in [3.05, 3.63) is 35.4 Å². The van der Waals surface area contributed by atoms with Gasteiger partial charge in [0.15, 0.2) is 0 Å². The third-order valence-corrected chi connectivity index (χ3v) is 6.96. The lowest BCUT2D eigenvalue weighted by atomic mass is 9.94. The zero-order valence-corrected chi connectivity index (χ0v) is 16.4. The van der Waals surface area contributed by atoms with E-state index in [0.717, 1.165) is 18.4 Å². The molecule has 2 fully saturated rings. The Kier molecular flexibility index (Phi) is 5.14. The second-order valence-electron chi connectivity index (χ2n) is 7.59. The average Bonchev–Trinajstić information content (AvgIpc) is 3.09. The molecule has 0 aliphatic carbocycles. The van der Waals surface area contributed by atoms with Crippen LogP contribution in [0.2, 0.25) is 0 Å². The van der Waals surface area contributed by atoms with Crippen LogP contribution in [0.3, 0.4) is 0 Å². The SMILES string of the molecule is CCc1ccc([C@H](NC(=O)[C@H]2CS[C@]3(C)CCC(=O)N23)C(C)C)cc1. The van der Waals surface area contributed by atoms with Crippen molar-refractivity contribution < 1.29 is 9.59 Å². The van der Waals surface area contributed by atoms with Gasteiger partial charge in [0.05, 0.1) is 10.9 Å². The molecule has 5 heteroatoms. The number of benzene rings is 1. The van der Waals surface area contributed by atoms with Crippen molar-refractivity contribution in [2.24, 2.45) is 5.92 Å². The van der Waals surface area contributed by atoms with Gasteiger partial charge in [-0.2, -0.15) is 0 Å². The first-order valence-electron chi connectivity index (χ1n) is 9.21. The van der Waals surface area contributed by atoms with Gasteiger partial charge in [-0.25, -0.2) is 0 Å². The molecule has 0 unspecified atom stereocenters. The molecule has 0 aromatic heterocycles. The summed E-state index contributed by atoms with van der Waals surface area (Å²) in [6.45, 7) is 8.46. The summed E-state index contributed by atoms with van der Waals surface area (Å²) in [5, 5.41) is 3.22. The van der Waals surface area contributed by atoms with E-state index in [-0.39, 0.29) is 34.7 Å². The standard InChI is InChI=1S/C20H28N2O2S/c1-5-14-6-8-15(9-7-14)18(13(2)3)21-19(24)16-12-25-20(4)11-10-17(23)22(16)20/h6-9,13,16,18H,5,10-12H2,1-4H3,(H,21,24)/t16-,18-,20-/m1/s1. The molecule has 0 bridgehead atoms. The number of carbonyl (C=O) groups is 2. The molecule has 0 radical (unpaired) electrons. The van der Waals surface area contributed by atoms with Crippen molar-refractivity contribution >= 4 is 23.6 Å². The Morgan fingerprint density at radius 2 is 2.04 bits per heavy atom. The fourth-order valence-corrected chi connectivity index (χ4v) is 5.29. The van der Waals surface area contributed by atoms with E-state index in [2.05, 4.69) is 57.3 Å². The van der Waals surface area contributed by atoms with Crippen LogP contribution in [0.1, 0.15) is 57.7 Å². The molecule has 136 valence electrons. The average molecular weight is 361 g/mol. The van der Waals surface area contributed by atoms with E-state index in [4.69, 9.17) is 0 Å². The summed E-state index contributed by atoms with van der Waals surface area (Å²) in [6, 6.07) is 8.10. The molecule has 0 spiro atoms. The van der Waals surface area contributed by atoms with Crippen molar-refractivity contribution in [2.75, 3.05) is 5.75 Å². The number of nitrogens with zero attached hydrogens (tertiary/aromatic N) is 1. The van der Waals surface area contributed by atoms with Gasteiger partial charge in [0.25, 0.3) is 0 Å². The van der Waals surface area contributed by atoms with Gasteiger partial charge >= 0.3 is 0 Å². The van der Waals surface area contributed by atoms with Crippen LogP contribution in [0, 0.1) is 5.92 Å². The summed E-state index contributed by atoms with van der Waals surface area (Å²) in [4.78, 5) is 26.9. The Morgan fingerprint density at radius 1 is 1.36 bits per heavy atom. The van der Waals surface area contributed by atoms with Crippen LogP contribution < -0.4 is 5.32 Å². The fourth-order valence-electron chi connectivity index (χ4n) is 3.86. The lowest BCUT2D eigenvalue weighted by Gasteiger charge is -2.31. The van der Waals surface area contributed by atoms with Gasteiger partial charge in [-0.15, -0.1) is 11.8 Å². The minimum Gasteiger partial charge on any atom is -0.347 e. The minimum atomic E-state index is -0.346. The molecule has 2 saturated heterocycles. The van der Waals surface area contributed by atoms with Crippen LogP contribution in [0.25, 0.3) is 0 Å². The third-order valence-electron chi connectivity index (χ3n) is 5.46. The highest BCUT2D eigenvalue weighted by molar-refractivity contribution is 8.01. The van der Waals surface area contributed by atoms with E-state index in [9.17, 15) is 9.59 Å². The minimum absolute atomic E-state index is 0.0234. The van der Waals surface area contributed by atoms with Gasteiger partial charge in [-0.3, -0.25) is 9.59 Å². The molecule has 25 heavy (non-hydrogen) atoms. The summed E-state index contributed by atoms with van der Waals surface area (Å²) < 4.78 is 0. The number of thioether (sulfide) groups is 1. The van der Waals surface area contributed by atoms with Gasteiger partial charge in [0, 0.05) is 12.2 Å². The van der Waals surface area contributed by atoms with Gasteiger partial charge in [-0.1, -0.05) is 45.0 Å². The second kappa shape index (κ2) is 7.02. The van der Waals surface area contributed by atoms with Crippen LogP contribution in [-0.2, 0) is 16.0 Å². The molecule has 2 heterocycles. The van der Waals surface area contributed by atoms with Crippen LogP contribution >= 0.6 is 11.8 Å². The maximum atomic E-state index is 13.0. The lowest BCUT2D eigenvalue weighted by molar-refractivity contribution is -0.138. The van der Waals surface area contributed by atoms with Crippen molar-refractivity contribution in [3.8, 4) is 0 Å². The monoisotopic (exact) mass is 360 g/mol. The van der Waals surface area contributed by atoms with E-state index < -0.39 is 0 Å². The Morgan fingerprint density at radius 3 is 2.64 bits per heavy atom. The fraction of sp³-hybridized carbons (Fsp3) is 0.600. The van der Waals surface area contributed by atoms with Gasteiger partial charge in [-0.05, 0) is 36.8 Å². The summed E-state index contributed by atoms with van der Waals surface area (Å²) in [5.41, 5.74) is 2.42. The molecule has 2 aliphatic heterocycles. The largest absolute Gasteiger partial charge is 0.347 e. The number of hydrogen-bond acceptors (Lipinski definition) is 3. The number of nitrogens with one attached hydrogen (secondary N) is 1. The van der Waals surface area contributed by atoms with E-state index in [1.165, 1.54) is 5.56 Å². The predicted octanol–water partition coefficient (Wildman–Crippen LogP) is 3.52. The number of hydrogen-bond donors (Lipinski definition) is 1. The zero-order chi connectivity index (χ0) is 18.2. The number of carbonyl (C=O) groups excluding carboxylic acids is 2. The highest BCUT2D eigenvalue weighted by atomic mass is 32.2. The number of aryl methyl sites for hydroxylation is 1. The van der Waals surface area contributed by atoms with Crippen LogP contribution in [0.4, 0.5) is 0 Å². The van der Waals surface area contributed by atoms with E-state index in [0.29, 0.717) is 12.2 Å². The smallest absolute Gasteiger partial charge is 0.244 e. The van der Waals surface area contributed by atoms with Crippen molar-refractivity contribution in [2.45, 2.75) is 63.9 Å². The lowest BCUT2D eigenvalue weighted by Crippen LogP contribution is -2.51. The second-order valence-corrected chi connectivity index (χ2v) is 9.09.